The predicted molar refractivity (Wildman–Crippen MR) is 137 cm³/mol. The summed E-state index contributed by atoms with van der Waals surface area (Å²) in [6.07, 6.45) is 1.45. The molecule has 3 aromatic carbocycles. The van der Waals surface area contributed by atoms with Crippen LogP contribution in [0.15, 0.2) is 73.1 Å². The predicted octanol–water partition coefficient (Wildman–Crippen LogP) is 5.23. The number of piperidine rings is 1. The van der Waals surface area contributed by atoms with E-state index >= 15 is 0 Å². The zero-order chi connectivity index (χ0) is 24.6. The molecule has 36 heavy (non-hydrogen) atoms. The maximum absolute atomic E-state index is 11.9. The number of nitrogens with zero attached hydrogens (tertiary/aromatic N) is 4. The summed E-state index contributed by atoms with van der Waals surface area (Å²) in [6, 6.07) is 20.2. The fraction of sp³-hybridized carbons (Fsp3) is 0.214. The number of nitro groups is 1. The van der Waals surface area contributed by atoms with E-state index in [4.69, 9.17) is 4.74 Å². The Labute approximate surface area is 208 Å². The van der Waals surface area contributed by atoms with Crippen LogP contribution < -0.4 is 10.1 Å². The van der Waals surface area contributed by atoms with Crippen LogP contribution in [0.25, 0.3) is 10.9 Å². The van der Waals surface area contributed by atoms with E-state index in [2.05, 4.69) is 39.1 Å². The van der Waals surface area contributed by atoms with Gasteiger partial charge in [-0.3, -0.25) is 10.1 Å². The highest BCUT2D eigenvalue weighted by atomic mass is 16.6. The summed E-state index contributed by atoms with van der Waals surface area (Å²) in [7, 11) is 2.11. The van der Waals surface area contributed by atoms with Gasteiger partial charge in [-0.05, 0) is 61.3 Å². The topological polar surface area (TPSA) is 93.4 Å². The highest BCUT2D eigenvalue weighted by molar-refractivity contribution is 5.93. The molecule has 0 unspecified atom stereocenters. The monoisotopic (exact) mass is 477 g/mol. The summed E-state index contributed by atoms with van der Waals surface area (Å²) >= 11 is 0. The van der Waals surface area contributed by atoms with Crippen molar-refractivity contribution in [2.24, 2.45) is 17.8 Å². The summed E-state index contributed by atoms with van der Waals surface area (Å²) in [6.45, 7) is 2.09. The van der Waals surface area contributed by atoms with Crippen molar-refractivity contribution >= 4 is 28.1 Å². The van der Waals surface area contributed by atoms with Crippen LogP contribution in [-0.4, -0.2) is 39.9 Å². The summed E-state index contributed by atoms with van der Waals surface area (Å²) in [4.78, 5) is 22.5. The Balaban J connectivity index is 1.25. The number of nitro benzene ring substituents is 1. The zero-order valence-corrected chi connectivity index (χ0v) is 19.6. The molecule has 0 bridgehead atoms. The minimum Gasteiger partial charge on any atom is -0.457 e. The first-order valence-electron chi connectivity index (χ1n) is 11.8. The molecular formula is C28H23N5O3. The SMILES string of the molecule is CN1C[C@@H]2[C@H](C#Cc3cc4ncnc(Nc5ccc(Oc6ccccc6)cc5)c4cc3[N+](=O)[O-])[C@@H]2C1. The molecule has 6 rings (SSSR count). The van der Waals surface area contributed by atoms with Crippen molar-refractivity contribution in [2.75, 3.05) is 25.5 Å². The van der Waals surface area contributed by atoms with Crippen molar-refractivity contribution in [3.05, 3.63) is 88.7 Å². The molecule has 1 aromatic heterocycles. The van der Waals surface area contributed by atoms with Gasteiger partial charge in [0.25, 0.3) is 5.69 Å². The number of benzene rings is 3. The van der Waals surface area contributed by atoms with Crippen molar-refractivity contribution in [2.45, 2.75) is 0 Å². The largest absolute Gasteiger partial charge is 0.457 e. The molecule has 2 aliphatic rings. The highest BCUT2D eigenvalue weighted by Crippen LogP contribution is 2.50. The summed E-state index contributed by atoms with van der Waals surface area (Å²) in [5.74, 6) is 9.80. The highest BCUT2D eigenvalue weighted by Gasteiger charge is 2.54. The van der Waals surface area contributed by atoms with Crippen LogP contribution >= 0.6 is 0 Å². The lowest BCUT2D eigenvalue weighted by atomic mass is 10.1. The quantitative estimate of drug-likeness (QED) is 0.239. The van der Waals surface area contributed by atoms with Crippen LogP contribution in [0, 0.1) is 39.7 Å². The molecule has 1 aliphatic heterocycles. The smallest absolute Gasteiger partial charge is 0.285 e. The minimum absolute atomic E-state index is 0.0395. The van der Waals surface area contributed by atoms with Crippen LogP contribution in [0.5, 0.6) is 11.5 Å². The number of hydrogen-bond donors (Lipinski definition) is 1. The van der Waals surface area contributed by atoms with Crippen molar-refractivity contribution in [1.29, 1.82) is 0 Å². The van der Waals surface area contributed by atoms with E-state index in [1.807, 2.05) is 54.6 Å². The standard InChI is InChI=1S/C28H23N5O3/c1-32-15-24-22(25(24)16-32)12-7-18-13-26-23(14-27(18)33(34)35)28(30-17-29-26)31-19-8-10-21(11-9-19)36-20-5-3-2-4-6-20/h2-6,8-11,13-14,17,22,24-25H,15-16H2,1H3,(H,29,30,31)/t22-,24+,25-. The Kier molecular flexibility index (Phi) is 5.47. The Morgan fingerprint density at radius 1 is 1.03 bits per heavy atom. The average molecular weight is 478 g/mol. The number of nitrogens with one attached hydrogen (secondary N) is 1. The number of aromatic nitrogens is 2. The number of para-hydroxylation sites is 1. The van der Waals surface area contributed by atoms with E-state index in [0.29, 0.717) is 45.8 Å². The lowest BCUT2D eigenvalue weighted by Gasteiger charge is -2.10. The van der Waals surface area contributed by atoms with E-state index in [0.717, 1.165) is 24.5 Å². The van der Waals surface area contributed by atoms with Crippen molar-refractivity contribution in [1.82, 2.24) is 14.9 Å². The maximum atomic E-state index is 11.9. The van der Waals surface area contributed by atoms with Gasteiger partial charge in [0, 0.05) is 36.1 Å². The molecule has 8 heteroatoms. The molecule has 3 atom stereocenters. The van der Waals surface area contributed by atoms with Gasteiger partial charge in [0.2, 0.25) is 0 Å². The molecule has 0 amide bonds. The van der Waals surface area contributed by atoms with Gasteiger partial charge in [0.05, 0.1) is 10.4 Å². The van der Waals surface area contributed by atoms with Gasteiger partial charge in [-0.15, -0.1) is 0 Å². The Bertz CT molecular complexity index is 1500. The minimum atomic E-state index is -0.391. The second-order valence-corrected chi connectivity index (χ2v) is 9.27. The number of likely N-dealkylation sites (tertiary alicyclic amines) is 1. The van der Waals surface area contributed by atoms with Crippen LogP contribution in [0.1, 0.15) is 5.56 Å². The summed E-state index contributed by atoms with van der Waals surface area (Å²) < 4.78 is 5.84. The number of rotatable bonds is 5. The first kappa shape index (κ1) is 22.0. The van der Waals surface area contributed by atoms with Gasteiger partial charge < -0.3 is 15.0 Å². The lowest BCUT2D eigenvalue weighted by Crippen LogP contribution is -2.18. The van der Waals surface area contributed by atoms with Gasteiger partial charge in [-0.2, -0.15) is 0 Å². The molecule has 1 N–H and O–H groups in total. The fourth-order valence-corrected chi connectivity index (χ4v) is 4.92. The molecule has 8 nitrogen and oxygen atoms in total. The van der Waals surface area contributed by atoms with E-state index in [1.165, 1.54) is 12.4 Å². The number of anilines is 2. The van der Waals surface area contributed by atoms with E-state index in [-0.39, 0.29) is 5.69 Å². The number of hydrogen-bond acceptors (Lipinski definition) is 7. The average Bonchev–Trinajstić information content (AvgIpc) is 3.35. The van der Waals surface area contributed by atoms with Crippen molar-refractivity contribution < 1.29 is 9.66 Å². The first-order chi connectivity index (χ1) is 17.5. The van der Waals surface area contributed by atoms with Crippen molar-refractivity contribution in [3.63, 3.8) is 0 Å². The molecule has 1 saturated heterocycles. The van der Waals surface area contributed by atoms with E-state index < -0.39 is 4.92 Å². The van der Waals surface area contributed by atoms with Crippen LogP contribution in [0.2, 0.25) is 0 Å². The van der Waals surface area contributed by atoms with Crippen LogP contribution in [0.3, 0.4) is 0 Å². The van der Waals surface area contributed by atoms with Crippen molar-refractivity contribution in [3.8, 4) is 23.3 Å². The lowest BCUT2D eigenvalue weighted by molar-refractivity contribution is -0.385. The molecule has 2 fully saturated rings. The molecule has 1 aliphatic carbocycles. The Morgan fingerprint density at radius 3 is 2.47 bits per heavy atom. The summed E-state index contributed by atoms with van der Waals surface area (Å²) in [5, 5.41) is 15.7. The van der Waals surface area contributed by atoms with Gasteiger partial charge in [-0.25, -0.2) is 9.97 Å². The molecule has 0 spiro atoms. The Hall–Kier alpha value is -4.48. The summed E-state index contributed by atoms with van der Waals surface area (Å²) in [5.41, 5.74) is 1.72. The molecule has 4 aromatic rings. The van der Waals surface area contributed by atoms with Gasteiger partial charge in [-0.1, -0.05) is 30.0 Å². The third-order valence-corrected chi connectivity index (χ3v) is 6.80. The Morgan fingerprint density at radius 2 is 1.75 bits per heavy atom. The normalized spacial score (nSPS) is 20.3. The van der Waals surface area contributed by atoms with Crippen LogP contribution in [0.4, 0.5) is 17.2 Å². The number of ether oxygens (including phenoxy) is 1. The van der Waals surface area contributed by atoms with Gasteiger partial charge in [0.1, 0.15) is 29.2 Å². The third kappa shape index (κ3) is 4.32. The third-order valence-electron chi connectivity index (χ3n) is 6.80. The second-order valence-electron chi connectivity index (χ2n) is 9.27. The molecule has 1 saturated carbocycles. The molecular weight excluding hydrogens is 454 g/mol. The van der Waals surface area contributed by atoms with Crippen LogP contribution in [-0.2, 0) is 0 Å². The molecule has 0 radical (unpaired) electrons. The second kappa shape index (κ2) is 8.95. The fourth-order valence-electron chi connectivity index (χ4n) is 4.92. The molecule has 2 heterocycles. The van der Waals surface area contributed by atoms with Gasteiger partial charge in [0.15, 0.2) is 0 Å². The van der Waals surface area contributed by atoms with E-state index in [9.17, 15) is 10.1 Å². The zero-order valence-electron chi connectivity index (χ0n) is 19.6. The first-order valence-corrected chi connectivity index (χ1v) is 11.8. The maximum Gasteiger partial charge on any atom is 0.285 e. The molecule has 178 valence electrons. The van der Waals surface area contributed by atoms with Gasteiger partial charge >= 0.3 is 0 Å². The number of fused-ring (bicyclic) bond motifs is 2. The van der Waals surface area contributed by atoms with E-state index in [1.54, 1.807) is 6.07 Å².